The van der Waals surface area contributed by atoms with Gasteiger partial charge in [0.2, 0.25) is 0 Å². The summed E-state index contributed by atoms with van der Waals surface area (Å²) in [6.45, 7) is 0.658. The van der Waals surface area contributed by atoms with Gasteiger partial charge in [0.1, 0.15) is 0 Å². The van der Waals surface area contributed by atoms with E-state index in [1.807, 2.05) is 18.2 Å². The molecule has 0 spiro atoms. The van der Waals surface area contributed by atoms with Crippen LogP contribution in [0.4, 0.5) is 0 Å². The topological polar surface area (TPSA) is 27.0 Å². The summed E-state index contributed by atoms with van der Waals surface area (Å²) in [4.78, 5) is 1.61. The number of benzene rings is 2. The molecule has 0 unspecified atom stereocenters. The summed E-state index contributed by atoms with van der Waals surface area (Å²) >= 11 is 0. The van der Waals surface area contributed by atoms with Gasteiger partial charge in [0, 0.05) is 7.05 Å². The first-order valence-corrected chi connectivity index (χ1v) is 5.55. The fourth-order valence-electron chi connectivity index (χ4n) is 1.74. The molecule has 0 aliphatic heterocycles. The number of nitriles is 1. The zero-order valence-electron chi connectivity index (χ0n) is 9.80. The van der Waals surface area contributed by atoms with Gasteiger partial charge in [-0.15, -0.1) is 0 Å². The molecule has 0 N–H and O–H groups in total. The Balaban J connectivity index is 2.17. The molecule has 0 bridgehead atoms. The predicted octanol–water partition coefficient (Wildman–Crippen LogP) is 3.27. The van der Waals surface area contributed by atoms with Gasteiger partial charge in [0.15, 0.2) is 6.19 Å². The second-order valence-corrected chi connectivity index (χ2v) is 4.02. The first kappa shape index (κ1) is 11.2. The van der Waals surface area contributed by atoms with E-state index in [9.17, 15) is 0 Å². The van der Waals surface area contributed by atoms with Crippen LogP contribution in [0, 0.1) is 11.5 Å². The van der Waals surface area contributed by atoms with Crippen LogP contribution in [0.3, 0.4) is 0 Å². The molecule has 2 nitrogen and oxygen atoms in total. The summed E-state index contributed by atoms with van der Waals surface area (Å²) in [5, 5.41) is 8.70. The predicted molar refractivity (Wildman–Crippen MR) is 69.0 cm³/mol. The van der Waals surface area contributed by atoms with Crippen LogP contribution >= 0.6 is 0 Å². The molecular formula is C15H14N2. The Hall–Kier alpha value is -2.27. The van der Waals surface area contributed by atoms with Crippen molar-refractivity contribution in [1.82, 2.24) is 4.90 Å². The van der Waals surface area contributed by atoms with Crippen LogP contribution in [0.5, 0.6) is 0 Å². The summed E-state index contributed by atoms with van der Waals surface area (Å²) in [7, 11) is 1.78. The van der Waals surface area contributed by atoms with Crippen molar-refractivity contribution in [2.45, 2.75) is 6.54 Å². The molecule has 0 aromatic heterocycles. The van der Waals surface area contributed by atoms with Crippen LogP contribution in [0.25, 0.3) is 11.1 Å². The highest BCUT2D eigenvalue weighted by Gasteiger charge is 1.99. The lowest BCUT2D eigenvalue weighted by atomic mass is 10.0. The average molecular weight is 222 g/mol. The van der Waals surface area contributed by atoms with Crippen molar-refractivity contribution in [2.75, 3.05) is 7.05 Å². The molecule has 84 valence electrons. The van der Waals surface area contributed by atoms with Crippen LogP contribution in [-0.4, -0.2) is 11.9 Å². The lowest BCUT2D eigenvalue weighted by Gasteiger charge is -2.09. The van der Waals surface area contributed by atoms with E-state index in [1.165, 1.54) is 11.1 Å². The number of rotatable bonds is 3. The Labute approximate surface area is 102 Å². The summed E-state index contributed by atoms with van der Waals surface area (Å²) in [6.07, 6.45) is 2.09. The summed E-state index contributed by atoms with van der Waals surface area (Å²) < 4.78 is 0. The average Bonchev–Trinajstić information content (AvgIpc) is 2.40. The molecule has 0 amide bonds. The second kappa shape index (κ2) is 5.18. The van der Waals surface area contributed by atoms with E-state index in [4.69, 9.17) is 5.26 Å². The van der Waals surface area contributed by atoms with Crippen molar-refractivity contribution in [3.05, 3.63) is 60.2 Å². The van der Waals surface area contributed by atoms with Gasteiger partial charge in [0.05, 0.1) is 6.54 Å². The molecule has 0 atom stereocenters. The third-order valence-electron chi connectivity index (χ3n) is 2.65. The monoisotopic (exact) mass is 222 g/mol. The molecule has 0 aliphatic rings. The van der Waals surface area contributed by atoms with E-state index in [1.54, 1.807) is 11.9 Å². The van der Waals surface area contributed by atoms with Crippen molar-refractivity contribution >= 4 is 0 Å². The van der Waals surface area contributed by atoms with Gasteiger partial charge < -0.3 is 4.90 Å². The standard InChI is InChI=1S/C15H14N2/c1-17(12-16)11-13-7-9-15(10-8-13)14-5-3-2-4-6-14/h2-10H,11H2,1H3. The summed E-state index contributed by atoms with van der Waals surface area (Å²) in [5.74, 6) is 0. The second-order valence-electron chi connectivity index (χ2n) is 4.02. The molecule has 0 fully saturated rings. The fourth-order valence-corrected chi connectivity index (χ4v) is 1.74. The minimum atomic E-state index is 0.658. The van der Waals surface area contributed by atoms with Gasteiger partial charge in [-0.3, -0.25) is 0 Å². The van der Waals surface area contributed by atoms with E-state index in [0.717, 1.165) is 5.56 Å². The zero-order valence-corrected chi connectivity index (χ0v) is 9.80. The Bertz CT molecular complexity index is 509. The quantitative estimate of drug-likeness (QED) is 0.588. The van der Waals surface area contributed by atoms with E-state index >= 15 is 0 Å². The number of nitrogens with zero attached hydrogens (tertiary/aromatic N) is 2. The van der Waals surface area contributed by atoms with E-state index in [0.29, 0.717) is 6.54 Å². The van der Waals surface area contributed by atoms with Gasteiger partial charge in [0.25, 0.3) is 0 Å². The van der Waals surface area contributed by atoms with Gasteiger partial charge in [-0.2, -0.15) is 5.26 Å². The minimum absolute atomic E-state index is 0.658. The third kappa shape index (κ3) is 2.85. The molecule has 0 radical (unpaired) electrons. The highest BCUT2D eigenvalue weighted by Crippen LogP contribution is 2.19. The fraction of sp³-hybridized carbons (Fsp3) is 0.133. The largest absolute Gasteiger partial charge is 0.309 e. The first-order valence-electron chi connectivity index (χ1n) is 5.55. The minimum Gasteiger partial charge on any atom is -0.309 e. The van der Waals surface area contributed by atoms with Crippen molar-refractivity contribution in [3.8, 4) is 17.3 Å². The normalized spacial score (nSPS) is 9.65. The maximum Gasteiger partial charge on any atom is 0.179 e. The first-order chi connectivity index (χ1) is 8.29. The molecule has 0 aliphatic carbocycles. The lowest BCUT2D eigenvalue weighted by Crippen LogP contribution is -2.09. The Kier molecular flexibility index (Phi) is 3.42. The smallest absolute Gasteiger partial charge is 0.179 e. The SMILES string of the molecule is CN(C#N)Cc1ccc(-c2ccccc2)cc1. The Morgan fingerprint density at radius 1 is 0.941 bits per heavy atom. The zero-order chi connectivity index (χ0) is 12.1. The molecular weight excluding hydrogens is 208 g/mol. The molecule has 0 saturated heterocycles. The van der Waals surface area contributed by atoms with Crippen molar-refractivity contribution in [2.24, 2.45) is 0 Å². The van der Waals surface area contributed by atoms with Crippen LogP contribution in [0.2, 0.25) is 0 Å². The van der Waals surface area contributed by atoms with E-state index in [-0.39, 0.29) is 0 Å². The molecule has 2 aromatic carbocycles. The highest BCUT2D eigenvalue weighted by atomic mass is 15.1. The van der Waals surface area contributed by atoms with Gasteiger partial charge in [-0.1, -0.05) is 54.6 Å². The molecule has 0 heterocycles. The van der Waals surface area contributed by atoms with Crippen molar-refractivity contribution < 1.29 is 0 Å². The van der Waals surface area contributed by atoms with Gasteiger partial charge in [-0.05, 0) is 16.7 Å². The maximum atomic E-state index is 8.70. The van der Waals surface area contributed by atoms with Gasteiger partial charge in [-0.25, -0.2) is 0 Å². The van der Waals surface area contributed by atoms with Crippen LogP contribution < -0.4 is 0 Å². The van der Waals surface area contributed by atoms with Crippen molar-refractivity contribution in [1.29, 1.82) is 5.26 Å². The maximum absolute atomic E-state index is 8.70. The highest BCUT2D eigenvalue weighted by molar-refractivity contribution is 5.63. The summed E-state index contributed by atoms with van der Waals surface area (Å²) in [5.41, 5.74) is 3.57. The summed E-state index contributed by atoms with van der Waals surface area (Å²) in [6, 6.07) is 18.6. The number of hydrogen-bond donors (Lipinski definition) is 0. The lowest BCUT2D eigenvalue weighted by molar-refractivity contribution is 0.469. The molecule has 2 heteroatoms. The molecule has 2 aromatic rings. The number of hydrogen-bond acceptors (Lipinski definition) is 2. The van der Waals surface area contributed by atoms with E-state index in [2.05, 4.69) is 42.6 Å². The van der Waals surface area contributed by atoms with Crippen LogP contribution in [0.15, 0.2) is 54.6 Å². The molecule has 17 heavy (non-hydrogen) atoms. The molecule has 0 saturated carbocycles. The van der Waals surface area contributed by atoms with Crippen LogP contribution in [-0.2, 0) is 6.54 Å². The Morgan fingerprint density at radius 2 is 1.53 bits per heavy atom. The third-order valence-corrected chi connectivity index (χ3v) is 2.65. The van der Waals surface area contributed by atoms with E-state index < -0.39 is 0 Å². The van der Waals surface area contributed by atoms with Crippen molar-refractivity contribution in [3.63, 3.8) is 0 Å². The molecule has 2 rings (SSSR count). The van der Waals surface area contributed by atoms with Gasteiger partial charge >= 0.3 is 0 Å². The van der Waals surface area contributed by atoms with Crippen LogP contribution in [0.1, 0.15) is 5.56 Å². The Morgan fingerprint density at radius 3 is 2.12 bits per heavy atom.